The van der Waals surface area contributed by atoms with Crippen molar-refractivity contribution >= 4 is 17.7 Å². The van der Waals surface area contributed by atoms with Crippen molar-refractivity contribution < 1.29 is 4.79 Å². The van der Waals surface area contributed by atoms with Crippen molar-refractivity contribution in [2.45, 2.75) is 62.4 Å². The molecule has 0 N–H and O–H groups in total. The Morgan fingerprint density at radius 2 is 2.03 bits per heavy atom. The number of carbonyl (C=O) groups is 1. The maximum atomic E-state index is 12.6. The lowest BCUT2D eigenvalue weighted by atomic mass is 9.97. The highest BCUT2D eigenvalue weighted by atomic mass is 32.2. The minimum Gasteiger partial charge on any atom is -0.342 e. The summed E-state index contributed by atoms with van der Waals surface area (Å²) in [7, 11) is 0. The van der Waals surface area contributed by atoms with E-state index in [1.54, 1.807) is 18.0 Å². The van der Waals surface area contributed by atoms with Gasteiger partial charge in [-0.25, -0.2) is 0 Å². The molecule has 2 saturated heterocycles. The van der Waals surface area contributed by atoms with Crippen LogP contribution in [0.1, 0.15) is 62.9 Å². The van der Waals surface area contributed by atoms with Gasteiger partial charge in [0.25, 0.3) is 0 Å². The monoisotopic (exact) mass is 428 g/mol. The van der Waals surface area contributed by atoms with Crippen LogP contribution in [-0.2, 0) is 10.5 Å². The number of thioether (sulfide) groups is 1. The molecule has 0 aromatic carbocycles. The van der Waals surface area contributed by atoms with Gasteiger partial charge < -0.3 is 9.47 Å². The molecule has 2 aliphatic heterocycles. The van der Waals surface area contributed by atoms with E-state index in [4.69, 9.17) is 0 Å². The summed E-state index contributed by atoms with van der Waals surface area (Å²) in [6.45, 7) is 8.66. The van der Waals surface area contributed by atoms with Crippen LogP contribution in [0.25, 0.3) is 0 Å². The number of hydrogen-bond donors (Lipinski definition) is 0. The maximum absolute atomic E-state index is 12.6. The first-order valence-corrected chi connectivity index (χ1v) is 12.1. The highest BCUT2D eigenvalue weighted by molar-refractivity contribution is 7.98. The Kier molecular flexibility index (Phi) is 7.04. The van der Waals surface area contributed by atoms with Gasteiger partial charge in [0, 0.05) is 49.7 Å². The molecule has 0 aliphatic carbocycles. The first-order chi connectivity index (χ1) is 14.6. The van der Waals surface area contributed by atoms with E-state index in [-0.39, 0.29) is 5.91 Å². The van der Waals surface area contributed by atoms with Crippen LogP contribution in [0.3, 0.4) is 0 Å². The Morgan fingerprint density at radius 3 is 2.77 bits per heavy atom. The first kappa shape index (κ1) is 21.3. The zero-order chi connectivity index (χ0) is 20.9. The van der Waals surface area contributed by atoms with Crippen molar-refractivity contribution in [1.29, 1.82) is 0 Å². The molecular formula is C22H32N6OS. The van der Waals surface area contributed by atoms with Gasteiger partial charge in [0.15, 0.2) is 5.16 Å². The van der Waals surface area contributed by atoms with E-state index in [2.05, 4.69) is 44.6 Å². The third-order valence-electron chi connectivity index (χ3n) is 5.99. The number of hydrogen-bond acceptors (Lipinski definition) is 6. The second-order valence-electron chi connectivity index (χ2n) is 8.62. The largest absolute Gasteiger partial charge is 0.342 e. The van der Waals surface area contributed by atoms with E-state index in [1.165, 1.54) is 5.56 Å². The van der Waals surface area contributed by atoms with Crippen molar-refractivity contribution in [3.05, 3.63) is 35.9 Å². The van der Waals surface area contributed by atoms with Gasteiger partial charge >= 0.3 is 0 Å². The normalized spacial score (nSPS) is 20.2. The molecule has 2 fully saturated rings. The molecule has 2 aliphatic rings. The lowest BCUT2D eigenvalue weighted by Gasteiger charge is -2.33. The molecule has 0 saturated carbocycles. The Balaban J connectivity index is 1.43. The van der Waals surface area contributed by atoms with Gasteiger partial charge in [0.2, 0.25) is 5.91 Å². The molecule has 8 heteroatoms. The van der Waals surface area contributed by atoms with E-state index in [0.29, 0.717) is 18.5 Å². The molecule has 2 aromatic heterocycles. The van der Waals surface area contributed by atoms with E-state index in [9.17, 15) is 4.79 Å². The number of aromatic nitrogens is 4. The van der Waals surface area contributed by atoms with E-state index < -0.39 is 0 Å². The molecule has 1 amide bonds. The highest BCUT2D eigenvalue weighted by Gasteiger charge is 2.30. The molecule has 0 unspecified atom stereocenters. The average molecular weight is 429 g/mol. The summed E-state index contributed by atoms with van der Waals surface area (Å²) < 4.78 is 2.29. The number of nitrogens with zero attached hydrogens (tertiary/aromatic N) is 6. The summed E-state index contributed by atoms with van der Waals surface area (Å²) in [5.74, 6) is 2.51. The fourth-order valence-corrected chi connectivity index (χ4v) is 5.46. The highest BCUT2D eigenvalue weighted by Crippen LogP contribution is 2.32. The zero-order valence-corrected chi connectivity index (χ0v) is 18.9. The van der Waals surface area contributed by atoms with E-state index in [1.807, 2.05) is 17.2 Å². The lowest BCUT2D eigenvalue weighted by molar-refractivity contribution is -0.131. The molecule has 2 aromatic rings. The molecule has 7 nitrogen and oxygen atoms in total. The van der Waals surface area contributed by atoms with Gasteiger partial charge in [-0.2, -0.15) is 0 Å². The van der Waals surface area contributed by atoms with Crippen molar-refractivity contribution in [3.8, 4) is 0 Å². The van der Waals surface area contributed by atoms with Crippen LogP contribution in [-0.4, -0.2) is 68.2 Å². The van der Waals surface area contributed by atoms with E-state index in [0.717, 1.165) is 68.6 Å². The first-order valence-electron chi connectivity index (χ1n) is 11.1. The summed E-state index contributed by atoms with van der Waals surface area (Å²) in [6.07, 6.45) is 8.19. The quantitative estimate of drug-likeness (QED) is 0.630. The summed E-state index contributed by atoms with van der Waals surface area (Å²) in [5.41, 5.74) is 1.19. The predicted molar refractivity (Wildman–Crippen MR) is 118 cm³/mol. The van der Waals surface area contributed by atoms with Gasteiger partial charge in [0.1, 0.15) is 5.82 Å². The Bertz CT molecular complexity index is 833. The van der Waals surface area contributed by atoms with Crippen LogP contribution in [0.5, 0.6) is 0 Å². The number of likely N-dealkylation sites (tertiary alicyclic amines) is 2. The summed E-state index contributed by atoms with van der Waals surface area (Å²) in [6, 6.07) is 4.36. The van der Waals surface area contributed by atoms with Crippen LogP contribution in [0.15, 0.2) is 29.7 Å². The third-order valence-corrected chi connectivity index (χ3v) is 7.00. The van der Waals surface area contributed by atoms with Gasteiger partial charge in [0.05, 0.1) is 6.54 Å². The lowest BCUT2D eigenvalue weighted by Crippen LogP contribution is -2.43. The molecule has 0 bridgehead atoms. The smallest absolute Gasteiger partial charge is 0.236 e. The average Bonchev–Trinajstić information content (AvgIpc) is 3.43. The predicted octanol–water partition coefficient (Wildman–Crippen LogP) is 3.35. The van der Waals surface area contributed by atoms with Crippen molar-refractivity contribution in [1.82, 2.24) is 29.5 Å². The second kappa shape index (κ2) is 9.92. The molecule has 4 heterocycles. The Labute approximate surface area is 183 Å². The van der Waals surface area contributed by atoms with Crippen LogP contribution in [0, 0.1) is 0 Å². The number of carbonyl (C=O) groups excluding carboxylic acids is 1. The van der Waals surface area contributed by atoms with Crippen molar-refractivity contribution in [3.63, 3.8) is 0 Å². The van der Waals surface area contributed by atoms with Crippen LogP contribution in [0.4, 0.5) is 0 Å². The van der Waals surface area contributed by atoms with Gasteiger partial charge in [-0.15, -0.1) is 10.2 Å². The fraction of sp³-hybridized carbons (Fsp3) is 0.636. The van der Waals surface area contributed by atoms with Gasteiger partial charge in [-0.1, -0.05) is 17.8 Å². The van der Waals surface area contributed by atoms with E-state index >= 15 is 0 Å². The number of piperidine rings is 1. The summed E-state index contributed by atoms with van der Waals surface area (Å²) in [5, 5.41) is 10.1. The molecule has 1 atom stereocenters. The SMILES string of the molecule is CC(C)n1c(SCc2cccnc2)nnc1[C@@H]1CCCN(CC(=O)N2CCCC2)C1. The topological polar surface area (TPSA) is 67.2 Å². The number of amides is 1. The summed E-state index contributed by atoms with van der Waals surface area (Å²) >= 11 is 1.72. The molecule has 30 heavy (non-hydrogen) atoms. The zero-order valence-electron chi connectivity index (χ0n) is 18.0. The molecule has 0 radical (unpaired) electrons. The second-order valence-corrected chi connectivity index (χ2v) is 9.56. The Morgan fingerprint density at radius 1 is 1.20 bits per heavy atom. The van der Waals surface area contributed by atoms with Crippen molar-refractivity contribution in [2.24, 2.45) is 0 Å². The standard InChI is InChI=1S/C22H32N6OS/c1-17(2)28-21(24-25-22(28)30-16-18-7-5-9-23-13-18)19-8-6-10-26(14-19)15-20(29)27-11-3-4-12-27/h5,7,9,13,17,19H,3-4,6,8,10-12,14-16H2,1-2H3/t19-/m1/s1. The minimum atomic E-state index is 0.284. The van der Waals surface area contributed by atoms with Gasteiger partial charge in [-0.3, -0.25) is 14.7 Å². The molecular weight excluding hydrogens is 396 g/mol. The fourth-order valence-electron chi connectivity index (χ4n) is 4.45. The van der Waals surface area contributed by atoms with Crippen molar-refractivity contribution in [2.75, 3.05) is 32.7 Å². The molecule has 162 valence electrons. The van der Waals surface area contributed by atoms with Crippen LogP contribution >= 0.6 is 11.8 Å². The minimum absolute atomic E-state index is 0.284. The number of pyridine rings is 1. The van der Waals surface area contributed by atoms with Crippen LogP contribution < -0.4 is 0 Å². The third kappa shape index (κ3) is 5.03. The number of rotatable bonds is 7. The Hall–Kier alpha value is -1.93. The van der Waals surface area contributed by atoms with Crippen LogP contribution in [0.2, 0.25) is 0 Å². The molecule has 4 rings (SSSR count). The maximum Gasteiger partial charge on any atom is 0.236 e. The van der Waals surface area contributed by atoms with Gasteiger partial charge in [-0.05, 0) is 57.7 Å². The molecule has 0 spiro atoms. The summed E-state index contributed by atoms with van der Waals surface area (Å²) in [4.78, 5) is 21.1.